The minimum Gasteiger partial charge on any atom is -0.480 e. The molecule has 1 unspecified atom stereocenters. The molecule has 1 saturated carbocycles. The van der Waals surface area contributed by atoms with Crippen LogP contribution in [0.4, 0.5) is 0 Å². The maximum Gasteiger partial charge on any atom is 0.326 e. The molecule has 2 rings (SSSR count). The van der Waals surface area contributed by atoms with E-state index in [1.807, 2.05) is 13.8 Å². The first-order valence-electron chi connectivity index (χ1n) is 7.68. The van der Waals surface area contributed by atoms with Crippen molar-refractivity contribution < 1.29 is 19.4 Å². The Morgan fingerprint density at radius 2 is 2.17 bits per heavy atom. The number of hydrogen-bond acceptors (Lipinski definition) is 4. The predicted octanol–water partition coefficient (Wildman–Crippen LogP) is 2.75. The second-order valence-electron chi connectivity index (χ2n) is 6.26. The Balaban J connectivity index is 2.00. The first kappa shape index (κ1) is 17.5. The van der Waals surface area contributed by atoms with Crippen molar-refractivity contribution in [2.24, 2.45) is 11.8 Å². The number of nitrogens with zero attached hydrogens (tertiary/aromatic N) is 1. The van der Waals surface area contributed by atoms with Crippen molar-refractivity contribution in [2.75, 3.05) is 6.61 Å². The number of carboxylic acid groups (broad SMARTS) is 1. The Hall–Kier alpha value is -1.82. The molecule has 1 atom stereocenters. The highest BCUT2D eigenvalue weighted by Gasteiger charge is 2.24. The molecule has 1 heterocycles. The zero-order valence-corrected chi connectivity index (χ0v) is 14.0. The van der Waals surface area contributed by atoms with Crippen molar-refractivity contribution in [3.05, 3.63) is 22.8 Å². The maximum absolute atomic E-state index is 12.2. The van der Waals surface area contributed by atoms with E-state index in [0.29, 0.717) is 24.8 Å². The van der Waals surface area contributed by atoms with Gasteiger partial charge in [-0.2, -0.15) is 0 Å². The van der Waals surface area contributed by atoms with Crippen LogP contribution in [0, 0.1) is 11.8 Å². The standard InChI is InChI=1S/C16H21ClN2O4/c1-9(2)5-13(16(21)22)19-14(20)11-6-12(17)15(18-7-11)23-8-10-3-4-10/h6-7,9-10,13H,3-5,8H2,1-2H3,(H,19,20)(H,21,22). The highest BCUT2D eigenvalue weighted by molar-refractivity contribution is 6.32. The van der Waals surface area contributed by atoms with Crippen LogP contribution in [0.5, 0.6) is 5.88 Å². The van der Waals surface area contributed by atoms with E-state index < -0.39 is 17.9 Å². The molecule has 1 fully saturated rings. The van der Waals surface area contributed by atoms with Crippen LogP contribution in [0.25, 0.3) is 0 Å². The summed E-state index contributed by atoms with van der Waals surface area (Å²) in [4.78, 5) is 27.4. The highest BCUT2D eigenvalue weighted by Crippen LogP contribution is 2.31. The summed E-state index contributed by atoms with van der Waals surface area (Å²) in [6.45, 7) is 4.37. The number of halogens is 1. The third-order valence-corrected chi connectivity index (χ3v) is 3.80. The molecule has 2 N–H and O–H groups in total. The number of aliphatic carboxylic acids is 1. The fourth-order valence-corrected chi connectivity index (χ4v) is 2.29. The van der Waals surface area contributed by atoms with Crippen LogP contribution in [0.1, 0.15) is 43.5 Å². The first-order valence-corrected chi connectivity index (χ1v) is 8.06. The number of ether oxygens (including phenoxy) is 1. The summed E-state index contributed by atoms with van der Waals surface area (Å²) in [5, 5.41) is 11.9. The van der Waals surface area contributed by atoms with Crippen molar-refractivity contribution in [1.82, 2.24) is 10.3 Å². The second kappa shape index (κ2) is 7.64. The molecule has 1 amide bonds. The van der Waals surface area contributed by atoms with Gasteiger partial charge in [-0.15, -0.1) is 0 Å². The van der Waals surface area contributed by atoms with Crippen LogP contribution in [-0.4, -0.2) is 34.6 Å². The quantitative estimate of drug-likeness (QED) is 0.759. The van der Waals surface area contributed by atoms with Gasteiger partial charge in [0.1, 0.15) is 11.1 Å². The van der Waals surface area contributed by atoms with E-state index in [2.05, 4.69) is 10.3 Å². The molecule has 0 bridgehead atoms. The summed E-state index contributed by atoms with van der Waals surface area (Å²) in [5.74, 6) is -0.553. The van der Waals surface area contributed by atoms with Gasteiger partial charge < -0.3 is 15.2 Å². The van der Waals surface area contributed by atoms with Gasteiger partial charge in [0, 0.05) is 6.20 Å². The number of carboxylic acids is 1. The lowest BCUT2D eigenvalue weighted by Gasteiger charge is -2.16. The van der Waals surface area contributed by atoms with E-state index in [9.17, 15) is 9.59 Å². The smallest absolute Gasteiger partial charge is 0.326 e. The molecular formula is C16H21ClN2O4. The van der Waals surface area contributed by atoms with E-state index in [1.165, 1.54) is 12.3 Å². The molecular weight excluding hydrogens is 320 g/mol. The van der Waals surface area contributed by atoms with Gasteiger partial charge in [-0.05, 0) is 37.2 Å². The van der Waals surface area contributed by atoms with Crippen molar-refractivity contribution in [2.45, 2.75) is 39.2 Å². The van der Waals surface area contributed by atoms with Gasteiger partial charge in [-0.1, -0.05) is 25.4 Å². The summed E-state index contributed by atoms with van der Waals surface area (Å²) in [7, 11) is 0. The van der Waals surface area contributed by atoms with Crippen LogP contribution < -0.4 is 10.1 Å². The van der Waals surface area contributed by atoms with Crippen LogP contribution >= 0.6 is 11.6 Å². The molecule has 1 aromatic rings. The number of amides is 1. The SMILES string of the molecule is CC(C)CC(NC(=O)c1cnc(OCC2CC2)c(Cl)c1)C(=O)O. The van der Waals surface area contributed by atoms with Crippen molar-refractivity contribution in [3.8, 4) is 5.88 Å². The lowest BCUT2D eigenvalue weighted by Crippen LogP contribution is -2.41. The van der Waals surface area contributed by atoms with E-state index >= 15 is 0 Å². The summed E-state index contributed by atoms with van der Waals surface area (Å²) in [6.07, 6.45) is 4.01. The molecule has 6 nitrogen and oxygen atoms in total. The monoisotopic (exact) mass is 340 g/mol. The topological polar surface area (TPSA) is 88.5 Å². The largest absolute Gasteiger partial charge is 0.480 e. The summed E-state index contributed by atoms with van der Waals surface area (Å²) in [6, 6.07) is 0.507. The van der Waals surface area contributed by atoms with Gasteiger partial charge in [-0.3, -0.25) is 4.79 Å². The van der Waals surface area contributed by atoms with Crippen LogP contribution in [0.15, 0.2) is 12.3 Å². The molecule has 1 aromatic heterocycles. The van der Waals surface area contributed by atoms with Gasteiger partial charge in [0.25, 0.3) is 5.91 Å². The van der Waals surface area contributed by atoms with Crippen LogP contribution in [-0.2, 0) is 4.79 Å². The Bertz CT molecular complexity index is 587. The summed E-state index contributed by atoms with van der Waals surface area (Å²) >= 11 is 6.08. The maximum atomic E-state index is 12.2. The van der Waals surface area contributed by atoms with Gasteiger partial charge in [-0.25, -0.2) is 9.78 Å². The summed E-state index contributed by atoms with van der Waals surface area (Å²) < 4.78 is 5.50. The molecule has 0 spiro atoms. The van der Waals surface area contributed by atoms with Crippen LogP contribution in [0.3, 0.4) is 0 Å². The van der Waals surface area contributed by atoms with E-state index in [1.54, 1.807) is 0 Å². The second-order valence-corrected chi connectivity index (χ2v) is 6.67. The van der Waals surface area contributed by atoms with Crippen LogP contribution in [0.2, 0.25) is 5.02 Å². The summed E-state index contributed by atoms with van der Waals surface area (Å²) in [5.41, 5.74) is 0.212. The fraction of sp³-hybridized carbons (Fsp3) is 0.562. The van der Waals surface area contributed by atoms with Crippen molar-refractivity contribution in [1.29, 1.82) is 0 Å². The molecule has 1 aliphatic carbocycles. The molecule has 126 valence electrons. The molecule has 0 saturated heterocycles. The number of hydrogen-bond donors (Lipinski definition) is 2. The first-order chi connectivity index (χ1) is 10.9. The Kier molecular flexibility index (Phi) is 5.82. The molecule has 0 aliphatic heterocycles. The Morgan fingerprint density at radius 1 is 1.48 bits per heavy atom. The average molecular weight is 341 g/mol. The number of carbonyl (C=O) groups excluding carboxylic acids is 1. The van der Waals surface area contributed by atoms with E-state index in [4.69, 9.17) is 21.4 Å². The van der Waals surface area contributed by atoms with E-state index in [-0.39, 0.29) is 16.5 Å². The van der Waals surface area contributed by atoms with Gasteiger partial charge >= 0.3 is 5.97 Å². The minimum absolute atomic E-state index is 0.149. The van der Waals surface area contributed by atoms with Crippen molar-refractivity contribution in [3.63, 3.8) is 0 Å². The third-order valence-electron chi connectivity index (χ3n) is 3.53. The zero-order chi connectivity index (χ0) is 17.0. The molecule has 7 heteroatoms. The number of rotatable bonds is 8. The molecule has 23 heavy (non-hydrogen) atoms. The predicted molar refractivity (Wildman–Crippen MR) is 85.8 cm³/mol. The van der Waals surface area contributed by atoms with Gasteiger partial charge in [0.05, 0.1) is 12.2 Å². The third kappa shape index (κ3) is 5.39. The van der Waals surface area contributed by atoms with Crippen molar-refractivity contribution >= 4 is 23.5 Å². The van der Waals surface area contributed by atoms with Gasteiger partial charge in [0.2, 0.25) is 5.88 Å². The number of pyridine rings is 1. The number of aromatic nitrogens is 1. The normalized spacial score (nSPS) is 15.3. The zero-order valence-electron chi connectivity index (χ0n) is 13.2. The lowest BCUT2D eigenvalue weighted by molar-refractivity contribution is -0.139. The fourth-order valence-electron chi connectivity index (χ4n) is 2.07. The number of nitrogens with one attached hydrogen (secondary N) is 1. The Morgan fingerprint density at radius 3 is 2.70 bits per heavy atom. The van der Waals surface area contributed by atoms with Gasteiger partial charge in [0.15, 0.2) is 0 Å². The molecule has 0 aromatic carbocycles. The lowest BCUT2D eigenvalue weighted by atomic mass is 10.0. The minimum atomic E-state index is -1.06. The molecule has 0 radical (unpaired) electrons. The molecule has 1 aliphatic rings. The Labute approximate surface area is 140 Å². The average Bonchev–Trinajstić information content (AvgIpc) is 3.28. The van der Waals surface area contributed by atoms with E-state index in [0.717, 1.165) is 12.8 Å². The number of carbonyl (C=O) groups is 2. The highest BCUT2D eigenvalue weighted by atomic mass is 35.5.